The lowest BCUT2D eigenvalue weighted by molar-refractivity contribution is 0.0946. The van der Waals surface area contributed by atoms with Crippen LogP contribution in [0.5, 0.6) is 5.88 Å². The highest BCUT2D eigenvalue weighted by Gasteiger charge is 2.20. The van der Waals surface area contributed by atoms with E-state index in [0.29, 0.717) is 28.4 Å². The second kappa shape index (κ2) is 8.84. The normalized spacial score (nSPS) is 11.3. The number of halogens is 1. The lowest BCUT2D eigenvalue weighted by atomic mass is 10.1. The molecule has 35 heavy (non-hydrogen) atoms. The lowest BCUT2D eigenvalue weighted by Gasteiger charge is -2.11. The number of hydrogen-bond donors (Lipinski definition) is 3. The molecule has 176 valence electrons. The maximum atomic E-state index is 13.1. The van der Waals surface area contributed by atoms with Gasteiger partial charge in [-0.3, -0.25) is 14.5 Å². The third kappa shape index (κ3) is 4.45. The zero-order chi connectivity index (χ0) is 24.7. The summed E-state index contributed by atoms with van der Waals surface area (Å²) in [5, 5.41) is 18.9. The van der Waals surface area contributed by atoms with Crippen LogP contribution in [-0.2, 0) is 13.1 Å². The van der Waals surface area contributed by atoms with Crippen molar-refractivity contribution in [3.8, 4) is 5.88 Å². The van der Waals surface area contributed by atoms with Crippen molar-refractivity contribution in [2.75, 3.05) is 5.73 Å². The Morgan fingerprint density at radius 3 is 2.77 bits per heavy atom. The quantitative estimate of drug-likeness (QED) is 0.342. The van der Waals surface area contributed by atoms with Crippen molar-refractivity contribution in [3.63, 3.8) is 0 Å². The number of aryl methyl sites for hydroxylation is 2. The van der Waals surface area contributed by atoms with E-state index < -0.39 is 5.91 Å². The van der Waals surface area contributed by atoms with Crippen molar-refractivity contribution >= 4 is 45.3 Å². The Morgan fingerprint density at radius 2 is 1.97 bits per heavy atom. The number of fused-ring (bicyclic) bond motifs is 2. The van der Waals surface area contributed by atoms with E-state index in [0.717, 1.165) is 33.3 Å². The molecule has 5 rings (SSSR count). The summed E-state index contributed by atoms with van der Waals surface area (Å²) in [6.45, 7) is 4.41. The van der Waals surface area contributed by atoms with Crippen molar-refractivity contribution in [2.45, 2.75) is 26.9 Å². The number of amides is 1. The number of nitrogens with one attached hydrogen (secondary N) is 1. The predicted octanol–water partition coefficient (Wildman–Crippen LogP) is 3.91. The van der Waals surface area contributed by atoms with Crippen LogP contribution in [0.15, 0.2) is 48.7 Å². The minimum Gasteiger partial charge on any atom is -0.493 e. The first-order valence-corrected chi connectivity index (χ1v) is 11.3. The van der Waals surface area contributed by atoms with Gasteiger partial charge in [-0.25, -0.2) is 9.97 Å². The second-order valence-electron chi connectivity index (χ2n) is 8.33. The maximum Gasteiger partial charge on any atom is 0.274 e. The Hall–Kier alpha value is -4.24. The summed E-state index contributed by atoms with van der Waals surface area (Å²) >= 11 is 6.10. The minimum absolute atomic E-state index is 0.125. The fraction of sp³-hybridized carbons (Fsp3) is 0.160. The number of carbonyl (C=O) groups excluding carboxylic acids is 1. The zero-order valence-corrected chi connectivity index (χ0v) is 19.8. The minimum atomic E-state index is -0.406. The molecule has 0 saturated heterocycles. The van der Waals surface area contributed by atoms with Crippen molar-refractivity contribution in [3.05, 3.63) is 81.8 Å². The molecule has 0 aliphatic rings. The van der Waals surface area contributed by atoms with Crippen molar-refractivity contribution in [1.29, 1.82) is 0 Å². The molecule has 4 N–H and O–H groups in total. The first-order valence-electron chi connectivity index (χ1n) is 10.9. The van der Waals surface area contributed by atoms with E-state index >= 15 is 0 Å². The van der Waals surface area contributed by atoms with Crippen LogP contribution >= 0.6 is 11.6 Å². The highest BCUT2D eigenvalue weighted by atomic mass is 35.5. The first kappa shape index (κ1) is 22.5. The SMILES string of the molecule is Cc1cc(N)nc(C)c1CNC(=O)c1nn(Cc2ccc3ncc(Cl)cc3c2)c2ccc(O)nc12. The van der Waals surface area contributed by atoms with E-state index in [1.807, 2.05) is 38.1 Å². The van der Waals surface area contributed by atoms with Gasteiger partial charge in [-0.15, -0.1) is 0 Å². The van der Waals surface area contributed by atoms with Gasteiger partial charge in [-0.2, -0.15) is 5.10 Å². The van der Waals surface area contributed by atoms with Gasteiger partial charge in [0.1, 0.15) is 11.3 Å². The summed E-state index contributed by atoms with van der Waals surface area (Å²) in [6.07, 6.45) is 1.61. The molecule has 0 atom stereocenters. The number of carbonyl (C=O) groups is 1. The van der Waals surface area contributed by atoms with Crippen LogP contribution in [-0.4, -0.2) is 35.7 Å². The van der Waals surface area contributed by atoms with Gasteiger partial charge in [0.05, 0.1) is 22.6 Å². The molecule has 0 radical (unpaired) electrons. The summed E-state index contributed by atoms with van der Waals surface area (Å²) in [7, 11) is 0. The van der Waals surface area contributed by atoms with Gasteiger partial charge in [-0.05, 0) is 60.9 Å². The second-order valence-corrected chi connectivity index (χ2v) is 8.77. The molecule has 0 unspecified atom stereocenters. The Morgan fingerprint density at radius 1 is 1.14 bits per heavy atom. The average molecular weight is 488 g/mol. The number of pyridine rings is 3. The number of nitrogens with zero attached hydrogens (tertiary/aromatic N) is 5. The molecule has 4 heterocycles. The van der Waals surface area contributed by atoms with E-state index in [1.165, 1.54) is 6.07 Å². The molecule has 10 heteroatoms. The molecule has 0 aliphatic carbocycles. The summed E-state index contributed by atoms with van der Waals surface area (Å²) in [6, 6.07) is 12.6. The van der Waals surface area contributed by atoms with Gasteiger partial charge in [-0.1, -0.05) is 17.7 Å². The molecule has 0 bridgehead atoms. The Balaban J connectivity index is 1.47. The van der Waals surface area contributed by atoms with E-state index in [2.05, 4.69) is 25.4 Å². The molecule has 1 aromatic carbocycles. The smallest absolute Gasteiger partial charge is 0.274 e. The van der Waals surface area contributed by atoms with Gasteiger partial charge >= 0.3 is 0 Å². The number of rotatable bonds is 5. The fourth-order valence-electron chi connectivity index (χ4n) is 4.15. The molecule has 0 saturated carbocycles. The molecule has 0 fully saturated rings. The standard InChI is InChI=1S/C25H22ClN7O2/c1-13-7-21(27)30-14(2)18(13)11-29-25(35)24-23-20(5-6-22(34)31-23)33(32-24)12-15-3-4-19-16(8-15)9-17(26)10-28-19/h3-10H,11-12H2,1-2H3,(H2,27,30)(H,29,35)(H,31,34). The Kier molecular flexibility index (Phi) is 5.70. The Bertz CT molecular complexity index is 1590. The van der Waals surface area contributed by atoms with Gasteiger partial charge in [0.25, 0.3) is 5.91 Å². The van der Waals surface area contributed by atoms with Gasteiger partial charge in [0, 0.05) is 29.9 Å². The summed E-state index contributed by atoms with van der Waals surface area (Å²) in [5.74, 6) is -0.157. The monoisotopic (exact) mass is 487 g/mol. The maximum absolute atomic E-state index is 13.1. The molecular formula is C25H22ClN7O2. The molecule has 4 aromatic heterocycles. The summed E-state index contributed by atoms with van der Waals surface area (Å²) < 4.78 is 1.69. The summed E-state index contributed by atoms with van der Waals surface area (Å²) in [5.41, 5.74) is 11.2. The lowest BCUT2D eigenvalue weighted by Crippen LogP contribution is -2.25. The zero-order valence-electron chi connectivity index (χ0n) is 19.1. The number of aromatic nitrogens is 5. The first-order chi connectivity index (χ1) is 16.8. The number of anilines is 1. The third-order valence-electron chi connectivity index (χ3n) is 5.84. The Labute approximate surface area is 205 Å². The predicted molar refractivity (Wildman–Crippen MR) is 134 cm³/mol. The number of nitrogens with two attached hydrogens (primary N) is 1. The summed E-state index contributed by atoms with van der Waals surface area (Å²) in [4.78, 5) is 25.9. The molecule has 0 aliphatic heterocycles. The van der Waals surface area contributed by atoms with E-state index in [9.17, 15) is 9.90 Å². The van der Waals surface area contributed by atoms with Crippen molar-refractivity contribution < 1.29 is 9.90 Å². The molecule has 1 amide bonds. The van der Waals surface area contributed by atoms with Crippen molar-refractivity contribution in [1.82, 2.24) is 30.0 Å². The van der Waals surface area contributed by atoms with Gasteiger partial charge < -0.3 is 16.2 Å². The van der Waals surface area contributed by atoms with Gasteiger partial charge in [0.15, 0.2) is 5.69 Å². The van der Waals surface area contributed by atoms with Crippen LogP contribution in [0.25, 0.3) is 21.9 Å². The average Bonchev–Trinajstić information content (AvgIpc) is 3.15. The van der Waals surface area contributed by atoms with E-state index in [4.69, 9.17) is 17.3 Å². The molecular weight excluding hydrogens is 466 g/mol. The highest BCUT2D eigenvalue weighted by molar-refractivity contribution is 6.31. The largest absolute Gasteiger partial charge is 0.493 e. The van der Waals surface area contributed by atoms with Crippen LogP contribution in [0.2, 0.25) is 5.02 Å². The van der Waals surface area contributed by atoms with Crippen LogP contribution in [0.1, 0.15) is 32.9 Å². The van der Waals surface area contributed by atoms with Crippen LogP contribution < -0.4 is 11.1 Å². The van der Waals surface area contributed by atoms with E-state index in [1.54, 1.807) is 23.0 Å². The van der Waals surface area contributed by atoms with Gasteiger partial charge in [0.2, 0.25) is 5.88 Å². The van der Waals surface area contributed by atoms with E-state index in [-0.39, 0.29) is 18.1 Å². The number of benzene rings is 1. The number of nitrogen functional groups attached to an aromatic ring is 1. The molecule has 5 aromatic rings. The topological polar surface area (TPSA) is 132 Å². The van der Waals surface area contributed by atoms with Crippen molar-refractivity contribution in [2.24, 2.45) is 0 Å². The van der Waals surface area contributed by atoms with Crippen LogP contribution in [0.3, 0.4) is 0 Å². The number of aromatic hydroxyl groups is 1. The molecule has 0 spiro atoms. The number of hydrogen-bond acceptors (Lipinski definition) is 7. The fourth-order valence-corrected chi connectivity index (χ4v) is 4.32. The highest BCUT2D eigenvalue weighted by Crippen LogP contribution is 2.23. The van der Waals surface area contributed by atoms with Crippen LogP contribution in [0.4, 0.5) is 5.82 Å². The van der Waals surface area contributed by atoms with Crippen LogP contribution in [0, 0.1) is 13.8 Å². The molecule has 9 nitrogen and oxygen atoms in total. The third-order valence-corrected chi connectivity index (χ3v) is 6.05.